The first-order valence-electron chi connectivity index (χ1n) is 7.45. The largest absolute Gasteiger partial charge is 0.456 e. The van der Waals surface area contributed by atoms with Gasteiger partial charge in [0, 0.05) is 11.5 Å². The molecule has 0 spiro atoms. The molecule has 2 aromatic carbocycles. The minimum atomic E-state index is -0.250. The lowest BCUT2D eigenvalue weighted by Gasteiger charge is -2.11. The number of H-pyrrole nitrogens is 1. The summed E-state index contributed by atoms with van der Waals surface area (Å²) >= 11 is 8.46. The molecule has 1 heterocycles. The number of carbonyl (C=O) groups excluding carboxylic acids is 1. The number of ether oxygens (including phenoxy) is 1. The van der Waals surface area contributed by atoms with Crippen LogP contribution < -0.4 is 10.1 Å². The summed E-state index contributed by atoms with van der Waals surface area (Å²) in [5, 5.41) is 9.59. The molecule has 6 nitrogen and oxygen atoms in total. The minimum Gasteiger partial charge on any atom is -0.456 e. The van der Waals surface area contributed by atoms with Crippen LogP contribution in [0, 0.1) is 4.77 Å². The summed E-state index contributed by atoms with van der Waals surface area (Å²) in [6.07, 6.45) is 0. The highest BCUT2D eigenvalue weighted by molar-refractivity contribution is 9.10. The van der Waals surface area contributed by atoms with Crippen molar-refractivity contribution < 1.29 is 9.53 Å². The highest BCUT2D eigenvalue weighted by Gasteiger charge is 2.14. The van der Waals surface area contributed by atoms with Gasteiger partial charge in [-0.25, -0.2) is 0 Å². The number of amides is 1. The number of aromatic amines is 1. The second-order valence-electron chi connectivity index (χ2n) is 5.24. The van der Waals surface area contributed by atoms with E-state index in [9.17, 15) is 4.79 Å². The molecule has 0 bridgehead atoms. The Bertz CT molecular complexity index is 967. The van der Waals surface area contributed by atoms with E-state index in [1.165, 1.54) is 0 Å². The number of rotatable bonds is 5. The van der Waals surface area contributed by atoms with Crippen molar-refractivity contribution in [3.8, 4) is 11.5 Å². The number of nitrogens with zero attached hydrogens (tertiary/aromatic N) is 2. The van der Waals surface area contributed by atoms with Crippen molar-refractivity contribution in [2.75, 3.05) is 0 Å². The number of aromatic nitrogens is 3. The molecule has 8 heteroatoms. The molecule has 128 valence electrons. The zero-order chi connectivity index (χ0) is 17.8. The van der Waals surface area contributed by atoms with Gasteiger partial charge in [0.15, 0.2) is 10.6 Å². The average molecular weight is 419 g/mol. The molecule has 0 aliphatic heterocycles. The molecule has 0 saturated heterocycles. The number of carbonyl (C=O) groups is 1. The number of para-hydroxylation sites is 1. The van der Waals surface area contributed by atoms with Gasteiger partial charge in [-0.05, 0) is 42.5 Å². The summed E-state index contributed by atoms with van der Waals surface area (Å²) in [7, 11) is 1.79. The van der Waals surface area contributed by atoms with Gasteiger partial charge in [-0.1, -0.05) is 34.1 Å². The Balaban J connectivity index is 1.76. The second-order valence-corrected chi connectivity index (χ2v) is 6.54. The van der Waals surface area contributed by atoms with Crippen molar-refractivity contribution >= 4 is 34.1 Å². The summed E-state index contributed by atoms with van der Waals surface area (Å²) in [6, 6.07) is 14.5. The number of hydrogen-bond acceptors (Lipinski definition) is 4. The summed E-state index contributed by atoms with van der Waals surface area (Å²) in [5.41, 5.74) is 0.444. The Morgan fingerprint density at radius 2 is 2.12 bits per heavy atom. The van der Waals surface area contributed by atoms with Crippen molar-refractivity contribution in [2.45, 2.75) is 6.54 Å². The number of benzene rings is 2. The maximum absolute atomic E-state index is 12.5. The van der Waals surface area contributed by atoms with Gasteiger partial charge in [-0.3, -0.25) is 9.89 Å². The summed E-state index contributed by atoms with van der Waals surface area (Å²) in [5.74, 6) is 1.51. The monoisotopic (exact) mass is 418 g/mol. The van der Waals surface area contributed by atoms with E-state index in [0.717, 1.165) is 4.47 Å². The first-order valence-corrected chi connectivity index (χ1v) is 8.65. The van der Waals surface area contributed by atoms with E-state index in [-0.39, 0.29) is 12.5 Å². The molecule has 0 atom stereocenters. The van der Waals surface area contributed by atoms with Crippen LogP contribution >= 0.6 is 28.1 Å². The molecular weight excluding hydrogens is 404 g/mol. The standard InChI is InChI=1S/C17H15BrN4O2S/c1-22-15(20-21-17(22)25)10-19-16(23)13-7-2-3-8-14(13)24-12-6-4-5-11(18)9-12/h2-9H,10H2,1H3,(H,19,23)(H,21,25). The molecule has 3 rings (SSSR count). The van der Waals surface area contributed by atoms with Crippen LogP contribution in [0.25, 0.3) is 0 Å². The van der Waals surface area contributed by atoms with Gasteiger partial charge in [0.05, 0.1) is 12.1 Å². The molecule has 2 N–H and O–H groups in total. The van der Waals surface area contributed by atoms with Crippen LogP contribution in [-0.4, -0.2) is 20.7 Å². The fraction of sp³-hybridized carbons (Fsp3) is 0.118. The lowest BCUT2D eigenvalue weighted by molar-refractivity contribution is 0.0947. The van der Waals surface area contributed by atoms with Crippen LogP contribution in [0.3, 0.4) is 0 Å². The van der Waals surface area contributed by atoms with Crippen LogP contribution in [0.1, 0.15) is 16.2 Å². The molecule has 0 fully saturated rings. The summed E-state index contributed by atoms with van der Waals surface area (Å²) < 4.78 is 8.97. The smallest absolute Gasteiger partial charge is 0.255 e. The van der Waals surface area contributed by atoms with Crippen molar-refractivity contribution in [1.29, 1.82) is 0 Å². The lowest BCUT2D eigenvalue weighted by atomic mass is 10.2. The highest BCUT2D eigenvalue weighted by atomic mass is 79.9. The quantitative estimate of drug-likeness (QED) is 0.615. The van der Waals surface area contributed by atoms with Gasteiger partial charge < -0.3 is 14.6 Å². The summed E-state index contributed by atoms with van der Waals surface area (Å²) in [4.78, 5) is 12.5. The van der Waals surface area contributed by atoms with Gasteiger partial charge in [0.1, 0.15) is 11.5 Å². The van der Waals surface area contributed by atoms with Crippen LogP contribution in [0.2, 0.25) is 0 Å². The van der Waals surface area contributed by atoms with E-state index in [4.69, 9.17) is 17.0 Å². The average Bonchev–Trinajstić information content (AvgIpc) is 2.92. The van der Waals surface area contributed by atoms with Crippen LogP contribution in [0.15, 0.2) is 53.0 Å². The zero-order valence-electron chi connectivity index (χ0n) is 13.3. The van der Waals surface area contributed by atoms with Gasteiger partial charge >= 0.3 is 0 Å². The molecule has 1 amide bonds. The van der Waals surface area contributed by atoms with Crippen LogP contribution in [-0.2, 0) is 13.6 Å². The molecule has 25 heavy (non-hydrogen) atoms. The van der Waals surface area contributed by atoms with Crippen LogP contribution in [0.5, 0.6) is 11.5 Å². The molecule has 0 radical (unpaired) electrons. The third kappa shape index (κ3) is 4.15. The van der Waals surface area contributed by atoms with E-state index >= 15 is 0 Å². The number of hydrogen-bond donors (Lipinski definition) is 2. The van der Waals surface area contributed by atoms with Crippen molar-refractivity contribution in [3.63, 3.8) is 0 Å². The highest BCUT2D eigenvalue weighted by Crippen LogP contribution is 2.27. The Hall–Kier alpha value is -2.45. The van der Waals surface area contributed by atoms with E-state index in [1.807, 2.05) is 30.3 Å². The second kappa shape index (κ2) is 7.62. The Labute approximate surface area is 158 Å². The molecule has 0 aliphatic rings. The first kappa shape index (κ1) is 17.4. The van der Waals surface area contributed by atoms with Gasteiger partial charge in [-0.2, -0.15) is 5.10 Å². The number of nitrogens with one attached hydrogen (secondary N) is 2. The Morgan fingerprint density at radius 3 is 2.84 bits per heavy atom. The van der Waals surface area contributed by atoms with Gasteiger partial charge in [0.25, 0.3) is 5.91 Å². The first-order chi connectivity index (χ1) is 12.0. The topological polar surface area (TPSA) is 71.9 Å². The third-order valence-corrected chi connectivity index (χ3v) is 4.39. The Morgan fingerprint density at radius 1 is 1.32 bits per heavy atom. The fourth-order valence-corrected chi connectivity index (χ4v) is 2.72. The maximum Gasteiger partial charge on any atom is 0.255 e. The van der Waals surface area contributed by atoms with Crippen molar-refractivity contribution in [2.24, 2.45) is 7.05 Å². The maximum atomic E-state index is 12.5. The summed E-state index contributed by atoms with van der Waals surface area (Å²) in [6.45, 7) is 0.258. The molecular formula is C17H15BrN4O2S. The van der Waals surface area contributed by atoms with Crippen molar-refractivity contribution in [3.05, 3.63) is 69.2 Å². The SMILES string of the molecule is Cn1c(CNC(=O)c2ccccc2Oc2cccc(Br)c2)n[nH]c1=S. The number of halogens is 1. The van der Waals surface area contributed by atoms with E-state index < -0.39 is 0 Å². The Kier molecular flexibility index (Phi) is 5.30. The third-order valence-electron chi connectivity index (χ3n) is 3.54. The lowest BCUT2D eigenvalue weighted by Crippen LogP contribution is -2.24. The normalized spacial score (nSPS) is 10.5. The minimum absolute atomic E-state index is 0.250. The fourth-order valence-electron chi connectivity index (χ4n) is 2.19. The zero-order valence-corrected chi connectivity index (χ0v) is 15.7. The van der Waals surface area contributed by atoms with Gasteiger partial charge in [0.2, 0.25) is 0 Å². The molecule has 0 unspecified atom stereocenters. The van der Waals surface area contributed by atoms with E-state index in [2.05, 4.69) is 31.4 Å². The van der Waals surface area contributed by atoms with E-state index in [0.29, 0.717) is 27.7 Å². The molecule has 0 aliphatic carbocycles. The van der Waals surface area contributed by atoms with Crippen molar-refractivity contribution in [1.82, 2.24) is 20.1 Å². The molecule has 3 aromatic rings. The predicted octanol–water partition coefficient (Wildman–Crippen LogP) is 3.96. The molecule has 0 saturated carbocycles. The van der Waals surface area contributed by atoms with Gasteiger partial charge in [-0.15, -0.1) is 0 Å². The van der Waals surface area contributed by atoms with Crippen LogP contribution in [0.4, 0.5) is 0 Å². The predicted molar refractivity (Wildman–Crippen MR) is 100 cm³/mol. The van der Waals surface area contributed by atoms with E-state index in [1.54, 1.807) is 29.8 Å². The molecule has 1 aromatic heterocycles.